The van der Waals surface area contributed by atoms with Crippen LogP contribution in [0.5, 0.6) is 0 Å². The quantitative estimate of drug-likeness (QED) is 0.591. The Morgan fingerprint density at radius 3 is 2.00 bits per heavy atom. The van der Waals surface area contributed by atoms with Crippen LogP contribution < -0.4 is 0 Å². The Morgan fingerprint density at radius 1 is 0.833 bits per heavy atom. The highest BCUT2D eigenvalue weighted by Crippen LogP contribution is 2.38. The Labute approximate surface area is 77.7 Å². The van der Waals surface area contributed by atoms with E-state index in [1.54, 1.807) is 0 Å². The van der Waals surface area contributed by atoms with Crippen molar-refractivity contribution in [1.82, 2.24) is 0 Å². The van der Waals surface area contributed by atoms with Gasteiger partial charge in [-0.15, -0.1) is 0 Å². The summed E-state index contributed by atoms with van der Waals surface area (Å²) in [5.74, 6) is 3.16. The first-order chi connectivity index (χ1) is 5.81. The molecule has 0 heteroatoms. The Hall–Kier alpha value is 0. The Bertz CT molecular complexity index is 117. The van der Waals surface area contributed by atoms with E-state index in [2.05, 4.69) is 20.8 Å². The summed E-state index contributed by atoms with van der Waals surface area (Å²) >= 11 is 0. The van der Waals surface area contributed by atoms with E-state index in [0.717, 1.165) is 17.8 Å². The van der Waals surface area contributed by atoms with Gasteiger partial charge in [0.2, 0.25) is 0 Å². The van der Waals surface area contributed by atoms with E-state index in [1.807, 2.05) is 0 Å². The first-order valence-electron chi connectivity index (χ1n) is 5.81. The lowest BCUT2D eigenvalue weighted by molar-refractivity contribution is 0.167. The lowest BCUT2D eigenvalue weighted by Crippen LogP contribution is -2.23. The fourth-order valence-corrected chi connectivity index (χ4v) is 2.83. The van der Waals surface area contributed by atoms with Crippen LogP contribution >= 0.6 is 0 Å². The normalized spacial score (nSPS) is 36.8. The monoisotopic (exact) mass is 168 g/mol. The van der Waals surface area contributed by atoms with E-state index < -0.39 is 0 Å². The number of hydrogen-bond donors (Lipinski definition) is 0. The van der Waals surface area contributed by atoms with Gasteiger partial charge in [-0.2, -0.15) is 0 Å². The zero-order valence-electron chi connectivity index (χ0n) is 8.97. The first kappa shape index (κ1) is 10.1. The summed E-state index contributed by atoms with van der Waals surface area (Å²) in [6.07, 6.45) is 8.77. The molecule has 0 aromatic carbocycles. The highest BCUT2D eigenvalue weighted by atomic mass is 14.3. The predicted molar refractivity (Wildman–Crippen MR) is 55.2 cm³/mol. The summed E-state index contributed by atoms with van der Waals surface area (Å²) in [5.41, 5.74) is 0. The van der Waals surface area contributed by atoms with Gasteiger partial charge in [0.1, 0.15) is 0 Å². The zero-order chi connectivity index (χ0) is 8.97. The summed E-state index contributed by atoms with van der Waals surface area (Å²) in [6.45, 7) is 7.08. The molecule has 0 saturated heterocycles. The van der Waals surface area contributed by atoms with Crippen LogP contribution in [0.15, 0.2) is 0 Å². The molecule has 12 heavy (non-hydrogen) atoms. The van der Waals surface area contributed by atoms with Gasteiger partial charge in [0.15, 0.2) is 0 Å². The van der Waals surface area contributed by atoms with Crippen molar-refractivity contribution < 1.29 is 0 Å². The van der Waals surface area contributed by atoms with Gasteiger partial charge in [-0.25, -0.2) is 0 Å². The molecule has 1 rings (SSSR count). The molecule has 0 radical (unpaired) electrons. The van der Waals surface area contributed by atoms with Crippen molar-refractivity contribution >= 4 is 0 Å². The molecular weight excluding hydrogens is 144 g/mol. The van der Waals surface area contributed by atoms with E-state index in [9.17, 15) is 0 Å². The molecule has 0 spiro atoms. The van der Waals surface area contributed by atoms with Gasteiger partial charge in [-0.3, -0.25) is 0 Å². The molecule has 1 saturated carbocycles. The van der Waals surface area contributed by atoms with Gasteiger partial charge in [0.25, 0.3) is 0 Å². The van der Waals surface area contributed by atoms with E-state index in [1.165, 1.54) is 38.5 Å². The third-order valence-electron chi connectivity index (χ3n) is 3.87. The van der Waals surface area contributed by atoms with E-state index in [4.69, 9.17) is 0 Å². The minimum atomic E-state index is 1.05. The van der Waals surface area contributed by atoms with Crippen LogP contribution in [-0.2, 0) is 0 Å². The smallest absolute Gasteiger partial charge is 0.0386 e. The average molecular weight is 168 g/mol. The lowest BCUT2D eigenvalue weighted by atomic mass is 9.71. The standard InChI is InChI=1S/C12H24/c1-4-10-7-8-11(5-2)12(6-3)9-10/h10-12H,4-9H2,1-3H3/t10-,11-,12+/m0/s1. The third kappa shape index (κ3) is 2.24. The third-order valence-corrected chi connectivity index (χ3v) is 3.87. The fourth-order valence-electron chi connectivity index (χ4n) is 2.83. The summed E-state index contributed by atoms with van der Waals surface area (Å²) in [7, 11) is 0. The summed E-state index contributed by atoms with van der Waals surface area (Å²) in [5, 5.41) is 0. The molecule has 0 aliphatic heterocycles. The van der Waals surface area contributed by atoms with Gasteiger partial charge in [0.05, 0.1) is 0 Å². The second kappa shape index (κ2) is 4.89. The van der Waals surface area contributed by atoms with Crippen LogP contribution in [0.4, 0.5) is 0 Å². The second-order valence-electron chi connectivity index (χ2n) is 4.42. The first-order valence-corrected chi connectivity index (χ1v) is 5.81. The maximum Gasteiger partial charge on any atom is -0.0386 e. The maximum atomic E-state index is 2.37. The molecule has 1 fully saturated rings. The fraction of sp³-hybridized carbons (Fsp3) is 1.00. The van der Waals surface area contributed by atoms with Crippen molar-refractivity contribution in [2.75, 3.05) is 0 Å². The Kier molecular flexibility index (Phi) is 4.11. The largest absolute Gasteiger partial charge is 0.0651 e. The highest BCUT2D eigenvalue weighted by Gasteiger charge is 2.26. The van der Waals surface area contributed by atoms with Crippen LogP contribution in [0, 0.1) is 17.8 Å². The zero-order valence-corrected chi connectivity index (χ0v) is 8.97. The molecule has 0 N–H and O–H groups in total. The van der Waals surface area contributed by atoms with E-state index in [-0.39, 0.29) is 0 Å². The summed E-state index contributed by atoms with van der Waals surface area (Å²) in [6, 6.07) is 0. The average Bonchev–Trinajstić information content (AvgIpc) is 2.16. The summed E-state index contributed by atoms with van der Waals surface area (Å²) < 4.78 is 0. The van der Waals surface area contributed by atoms with Crippen LogP contribution in [0.3, 0.4) is 0 Å². The van der Waals surface area contributed by atoms with Gasteiger partial charge in [0, 0.05) is 0 Å². The van der Waals surface area contributed by atoms with Gasteiger partial charge in [-0.05, 0) is 30.6 Å². The molecule has 3 atom stereocenters. The molecule has 1 aliphatic carbocycles. The topological polar surface area (TPSA) is 0 Å². The van der Waals surface area contributed by atoms with Crippen molar-refractivity contribution in [3.63, 3.8) is 0 Å². The molecule has 1 aliphatic rings. The minimum Gasteiger partial charge on any atom is -0.0651 e. The summed E-state index contributed by atoms with van der Waals surface area (Å²) in [4.78, 5) is 0. The molecule has 0 amide bonds. The molecular formula is C12H24. The van der Waals surface area contributed by atoms with Crippen molar-refractivity contribution in [3.05, 3.63) is 0 Å². The molecule has 0 aromatic rings. The van der Waals surface area contributed by atoms with Crippen LogP contribution in [0.25, 0.3) is 0 Å². The number of rotatable bonds is 3. The second-order valence-corrected chi connectivity index (χ2v) is 4.42. The van der Waals surface area contributed by atoms with Crippen molar-refractivity contribution in [2.24, 2.45) is 17.8 Å². The molecule has 0 bridgehead atoms. The van der Waals surface area contributed by atoms with Crippen LogP contribution in [0.1, 0.15) is 59.3 Å². The van der Waals surface area contributed by atoms with Gasteiger partial charge >= 0.3 is 0 Å². The highest BCUT2D eigenvalue weighted by molar-refractivity contribution is 4.78. The van der Waals surface area contributed by atoms with Gasteiger partial charge in [-0.1, -0.05) is 46.5 Å². The molecule has 72 valence electrons. The van der Waals surface area contributed by atoms with Gasteiger partial charge < -0.3 is 0 Å². The lowest BCUT2D eigenvalue weighted by Gasteiger charge is -2.35. The number of hydrogen-bond acceptors (Lipinski definition) is 0. The Balaban J connectivity index is 2.41. The minimum absolute atomic E-state index is 1.05. The van der Waals surface area contributed by atoms with Crippen molar-refractivity contribution in [1.29, 1.82) is 0 Å². The predicted octanol–water partition coefficient (Wildman–Crippen LogP) is 4.25. The van der Waals surface area contributed by atoms with Crippen LogP contribution in [0.2, 0.25) is 0 Å². The van der Waals surface area contributed by atoms with Crippen molar-refractivity contribution in [2.45, 2.75) is 59.3 Å². The van der Waals surface area contributed by atoms with Crippen LogP contribution in [-0.4, -0.2) is 0 Å². The maximum absolute atomic E-state index is 2.37. The molecule has 0 aromatic heterocycles. The SMILES string of the molecule is CC[C@H]1CC[C@H](CC)[C@H](CC)C1. The van der Waals surface area contributed by atoms with E-state index >= 15 is 0 Å². The van der Waals surface area contributed by atoms with Crippen molar-refractivity contribution in [3.8, 4) is 0 Å². The molecule has 0 nitrogen and oxygen atoms in total. The molecule has 0 unspecified atom stereocenters. The molecule has 0 heterocycles. The van der Waals surface area contributed by atoms with E-state index in [0.29, 0.717) is 0 Å². The Morgan fingerprint density at radius 2 is 1.50 bits per heavy atom.